The van der Waals surface area contributed by atoms with Crippen LogP contribution in [0.2, 0.25) is 5.02 Å². The number of aromatic nitrogens is 5. The second-order valence-electron chi connectivity index (χ2n) is 14.5. The number of halogens is 4. The molecule has 1 spiro atoms. The molecule has 2 aliphatic carbocycles. The monoisotopic (exact) mass is 671 g/mol. The van der Waals surface area contributed by atoms with E-state index in [1.165, 1.54) is 0 Å². The van der Waals surface area contributed by atoms with Gasteiger partial charge in [0.05, 0.1) is 34.7 Å². The van der Waals surface area contributed by atoms with Gasteiger partial charge >= 0.3 is 6.01 Å². The van der Waals surface area contributed by atoms with Crippen LogP contribution in [0.3, 0.4) is 0 Å². The summed E-state index contributed by atoms with van der Waals surface area (Å²) in [4.78, 5) is 17.7. The van der Waals surface area contributed by atoms with Gasteiger partial charge in [-0.2, -0.15) is 15.1 Å². The molecule has 7 bridgehead atoms. The van der Waals surface area contributed by atoms with E-state index in [1.807, 2.05) is 0 Å². The normalized spacial score (nSPS) is 28.5. The summed E-state index contributed by atoms with van der Waals surface area (Å²) in [6.45, 7) is 1.76. The number of alkyl halides is 2. The van der Waals surface area contributed by atoms with E-state index in [2.05, 4.69) is 25.1 Å². The van der Waals surface area contributed by atoms with Crippen molar-refractivity contribution in [1.29, 1.82) is 0 Å². The van der Waals surface area contributed by atoms with Crippen molar-refractivity contribution < 1.29 is 27.8 Å². The Hall–Kier alpha value is -3.26. The topological polar surface area (TPSA) is 113 Å². The van der Waals surface area contributed by atoms with Crippen molar-refractivity contribution in [3.8, 4) is 17.3 Å². The molecule has 3 aromatic heterocycles. The van der Waals surface area contributed by atoms with E-state index in [9.17, 15) is 13.9 Å². The largest absolute Gasteiger partial charge is 0.463 e. The van der Waals surface area contributed by atoms with Gasteiger partial charge in [-0.15, -0.1) is 0 Å². The van der Waals surface area contributed by atoms with Gasteiger partial charge in [0, 0.05) is 54.8 Å². The maximum absolute atomic E-state index is 17.0. The van der Waals surface area contributed by atoms with Gasteiger partial charge < -0.3 is 24.4 Å². The predicted molar refractivity (Wildman–Crippen MR) is 171 cm³/mol. The summed E-state index contributed by atoms with van der Waals surface area (Å²) in [5.74, 6) is -3.14. The SMILES string of the molecule is CN(C)C[C@]1(COc2nc3c4cnc(c(F)c4n2)-c2c(c(Cl)cc4[nH]ncc24)CCOCCC2(O)CC4(CCCN3C4)C2)CC1(F)F. The van der Waals surface area contributed by atoms with Crippen LogP contribution in [0.5, 0.6) is 6.01 Å². The van der Waals surface area contributed by atoms with Gasteiger partial charge in [0.25, 0.3) is 5.92 Å². The molecule has 3 fully saturated rings. The molecule has 0 radical (unpaired) electrons. The molecule has 6 aliphatic rings. The smallest absolute Gasteiger partial charge is 0.319 e. The molecular formula is C33H37ClF3N7O3. The molecule has 7 heterocycles. The third kappa shape index (κ3) is 5.21. The first-order valence-corrected chi connectivity index (χ1v) is 16.5. The summed E-state index contributed by atoms with van der Waals surface area (Å²) in [6, 6.07) is 1.58. The summed E-state index contributed by atoms with van der Waals surface area (Å²) in [5.41, 5.74) is -0.590. The van der Waals surface area contributed by atoms with Gasteiger partial charge in [0.15, 0.2) is 5.82 Å². The molecule has 2 saturated carbocycles. The van der Waals surface area contributed by atoms with Crippen LogP contribution in [-0.2, 0) is 11.2 Å². The third-order valence-electron chi connectivity index (χ3n) is 10.6. The zero-order valence-electron chi connectivity index (χ0n) is 26.4. The molecule has 4 aliphatic heterocycles. The van der Waals surface area contributed by atoms with Gasteiger partial charge in [0.2, 0.25) is 0 Å². The van der Waals surface area contributed by atoms with E-state index >= 15 is 4.39 Å². The van der Waals surface area contributed by atoms with Crippen LogP contribution in [0.15, 0.2) is 18.5 Å². The average molecular weight is 672 g/mol. The van der Waals surface area contributed by atoms with Crippen LogP contribution in [0.1, 0.15) is 44.1 Å². The van der Waals surface area contributed by atoms with E-state index in [-0.39, 0.29) is 42.2 Å². The molecule has 1 aromatic carbocycles. The summed E-state index contributed by atoms with van der Waals surface area (Å²) in [6.07, 6.45) is 6.80. The highest BCUT2D eigenvalue weighted by Crippen LogP contribution is 2.61. The number of anilines is 1. The van der Waals surface area contributed by atoms with E-state index in [4.69, 9.17) is 26.1 Å². The zero-order valence-corrected chi connectivity index (χ0v) is 27.1. The number of fused-ring (bicyclic) bond motifs is 1. The molecule has 1 atom stereocenters. The highest BCUT2D eigenvalue weighted by molar-refractivity contribution is 6.33. The van der Waals surface area contributed by atoms with Crippen molar-refractivity contribution in [2.45, 2.75) is 56.5 Å². The number of nitrogens with one attached hydrogen (secondary N) is 1. The molecule has 0 amide bonds. The van der Waals surface area contributed by atoms with Crippen LogP contribution in [0.25, 0.3) is 33.1 Å². The Labute approximate surface area is 274 Å². The number of nitrogens with zero attached hydrogens (tertiary/aromatic N) is 6. The second-order valence-corrected chi connectivity index (χ2v) is 14.9. The molecule has 10 rings (SSSR count). The lowest BCUT2D eigenvalue weighted by atomic mass is 9.55. The molecule has 0 unspecified atom stereocenters. The zero-order chi connectivity index (χ0) is 32.8. The molecule has 250 valence electrons. The summed E-state index contributed by atoms with van der Waals surface area (Å²) in [5, 5.41) is 19.9. The standard InChI is InChI=1S/C33H37ClF3N7O3/c1-43(2)17-31(15-33(31,36)37)18-47-29-40-26-21-11-38-27(25(26)35)24-19(22(34)10-23-20(24)12-39-42-23)4-8-46-9-6-32(45)13-30(14-32)5-3-7-44(16-30)28(21)41-29/h10-12,45H,3-9,13-18H2,1-2H3,(H,39,42)/t30?,31-,32?/m0/s1. The summed E-state index contributed by atoms with van der Waals surface area (Å²) < 4.78 is 58.2. The van der Waals surface area contributed by atoms with Crippen molar-refractivity contribution in [2.24, 2.45) is 10.8 Å². The number of H-pyrrole nitrogens is 1. The number of hydrogen-bond acceptors (Lipinski definition) is 9. The third-order valence-corrected chi connectivity index (χ3v) is 10.9. The lowest BCUT2D eigenvalue weighted by Crippen LogP contribution is -2.59. The Bertz CT molecular complexity index is 1880. The fourth-order valence-electron chi connectivity index (χ4n) is 8.42. The number of piperidine rings is 1. The molecule has 2 N–H and O–H groups in total. The van der Waals surface area contributed by atoms with Crippen molar-refractivity contribution in [3.63, 3.8) is 0 Å². The minimum atomic E-state index is -2.88. The first kappa shape index (κ1) is 31.0. The summed E-state index contributed by atoms with van der Waals surface area (Å²) in [7, 11) is 3.49. The van der Waals surface area contributed by atoms with Gasteiger partial charge in [-0.25, -0.2) is 13.2 Å². The van der Waals surface area contributed by atoms with Crippen molar-refractivity contribution in [1.82, 2.24) is 30.0 Å². The molecule has 47 heavy (non-hydrogen) atoms. The summed E-state index contributed by atoms with van der Waals surface area (Å²) >= 11 is 6.78. The van der Waals surface area contributed by atoms with E-state index in [0.29, 0.717) is 90.2 Å². The Morgan fingerprint density at radius 2 is 1.94 bits per heavy atom. The predicted octanol–water partition coefficient (Wildman–Crippen LogP) is 5.40. The fourth-order valence-corrected chi connectivity index (χ4v) is 8.72. The number of aliphatic hydroxyl groups is 1. The number of pyridine rings is 1. The van der Waals surface area contributed by atoms with Gasteiger partial charge in [-0.3, -0.25) is 10.1 Å². The first-order chi connectivity index (χ1) is 22.4. The average Bonchev–Trinajstić information content (AvgIpc) is 3.28. The maximum Gasteiger partial charge on any atom is 0.319 e. The highest BCUT2D eigenvalue weighted by atomic mass is 35.5. The quantitative estimate of drug-likeness (QED) is 0.288. The van der Waals surface area contributed by atoms with Crippen molar-refractivity contribution in [2.75, 3.05) is 58.5 Å². The van der Waals surface area contributed by atoms with Gasteiger partial charge in [-0.05, 0) is 69.7 Å². The van der Waals surface area contributed by atoms with E-state index in [1.54, 1.807) is 37.5 Å². The molecule has 10 nitrogen and oxygen atoms in total. The Morgan fingerprint density at radius 3 is 2.70 bits per heavy atom. The number of hydrogen-bond donors (Lipinski definition) is 2. The van der Waals surface area contributed by atoms with Crippen molar-refractivity contribution >= 4 is 39.2 Å². The molecule has 1 saturated heterocycles. The number of aromatic amines is 1. The highest BCUT2D eigenvalue weighted by Gasteiger charge is 2.71. The lowest BCUT2D eigenvalue weighted by molar-refractivity contribution is -0.145. The van der Waals surface area contributed by atoms with Gasteiger partial charge in [-0.1, -0.05) is 11.6 Å². The molecular weight excluding hydrogens is 635 g/mol. The van der Waals surface area contributed by atoms with Crippen LogP contribution in [0, 0.1) is 16.6 Å². The minimum Gasteiger partial charge on any atom is -0.463 e. The van der Waals surface area contributed by atoms with Crippen LogP contribution < -0.4 is 9.64 Å². The lowest BCUT2D eigenvalue weighted by Gasteiger charge is -2.57. The number of ether oxygens (including phenoxy) is 2. The molecule has 14 heteroatoms. The fraction of sp³-hybridized carbons (Fsp3) is 0.576. The van der Waals surface area contributed by atoms with Crippen LogP contribution in [0.4, 0.5) is 19.0 Å². The second kappa shape index (κ2) is 10.9. The number of benzene rings is 1. The maximum atomic E-state index is 17.0. The van der Waals surface area contributed by atoms with E-state index in [0.717, 1.165) is 12.8 Å². The van der Waals surface area contributed by atoms with E-state index < -0.39 is 22.8 Å². The number of rotatable bonds is 5. The first-order valence-electron chi connectivity index (χ1n) is 16.1. The van der Waals surface area contributed by atoms with Crippen molar-refractivity contribution in [3.05, 3.63) is 34.9 Å². The minimum absolute atomic E-state index is 0.0212. The van der Waals surface area contributed by atoms with Crippen LogP contribution in [-0.4, -0.2) is 100 Å². The molecule has 4 aromatic rings. The Kier molecular flexibility index (Phi) is 7.18. The Morgan fingerprint density at radius 1 is 1.13 bits per heavy atom. The van der Waals surface area contributed by atoms with Crippen LogP contribution >= 0.6 is 11.6 Å². The van der Waals surface area contributed by atoms with Gasteiger partial charge in [0.1, 0.15) is 23.6 Å². The Balaban J connectivity index is 1.29.